The number of nitrogens with two attached hydrogens (primary N) is 1. The Kier molecular flexibility index (Phi) is 2.50. The van der Waals surface area contributed by atoms with Gasteiger partial charge in [-0.1, -0.05) is 0 Å². The van der Waals surface area contributed by atoms with Gasteiger partial charge in [0.25, 0.3) is 11.1 Å². The van der Waals surface area contributed by atoms with Gasteiger partial charge in [-0.25, -0.2) is 8.78 Å². The van der Waals surface area contributed by atoms with E-state index in [9.17, 15) is 18.4 Å². The van der Waals surface area contributed by atoms with E-state index in [1.807, 2.05) is 5.10 Å². The van der Waals surface area contributed by atoms with Gasteiger partial charge in [-0.3, -0.25) is 14.7 Å². The van der Waals surface area contributed by atoms with Crippen LogP contribution in [0.5, 0.6) is 0 Å². The number of aromatic amines is 1. The molecule has 0 aliphatic heterocycles. The van der Waals surface area contributed by atoms with E-state index in [2.05, 4.69) is 12.2 Å². The molecule has 8 heteroatoms. The maximum Gasteiger partial charge on any atom is 0.282 e. The molecule has 1 aromatic heterocycles. The van der Waals surface area contributed by atoms with Crippen LogP contribution >= 0.6 is 12.2 Å². The highest BCUT2D eigenvalue weighted by atomic mass is 32.1. The van der Waals surface area contributed by atoms with Gasteiger partial charge in [0, 0.05) is 0 Å². The largest absolute Gasteiger partial charge is 0.374 e. The molecule has 0 bridgehead atoms. The first kappa shape index (κ1) is 11.4. The Morgan fingerprint density at radius 3 is 2.29 bits per heavy atom. The number of rotatable bonds is 0. The van der Waals surface area contributed by atoms with Crippen molar-refractivity contribution in [3.63, 3.8) is 0 Å². The zero-order valence-corrected chi connectivity index (χ0v) is 8.98. The number of aromatic nitrogens is 2. The van der Waals surface area contributed by atoms with Crippen LogP contribution in [0.3, 0.4) is 0 Å². The number of thiocarbonyl (C=S) groups is 1. The van der Waals surface area contributed by atoms with Crippen LogP contribution in [0.4, 0.5) is 8.78 Å². The zero-order valence-electron chi connectivity index (χ0n) is 8.16. The van der Waals surface area contributed by atoms with Crippen LogP contribution in [0.25, 0.3) is 10.8 Å². The third kappa shape index (κ3) is 1.62. The first-order valence-electron chi connectivity index (χ1n) is 4.36. The minimum Gasteiger partial charge on any atom is -0.374 e. The summed E-state index contributed by atoms with van der Waals surface area (Å²) in [6.45, 7) is 0. The molecule has 0 saturated heterocycles. The van der Waals surface area contributed by atoms with E-state index in [0.717, 1.165) is 12.1 Å². The maximum atomic E-state index is 13.4. The fourth-order valence-electron chi connectivity index (χ4n) is 1.46. The van der Waals surface area contributed by atoms with Crippen LogP contribution in [0.2, 0.25) is 0 Å². The summed E-state index contributed by atoms with van der Waals surface area (Å²) >= 11 is 4.50. The van der Waals surface area contributed by atoms with E-state index in [1.54, 1.807) is 0 Å². The van der Waals surface area contributed by atoms with Crippen LogP contribution in [0.1, 0.15) is 0 Å². The number of hydrogen-bond donors (Lipinski definition) is 2. The molecule has 88 valence electrons. The van der Waals surface area contributed by atoms with Crippen LogP contribution in [-0.4, -0.2) is 14.9 Å². The molecule has 0 spiro atoms. The van der Waals surface area contributed by atoms with Crippen LogP contribution in [0, 0.1) is 11.6 Å². The normalized spacial score (nSPS) is 10.7. The molecule has 0 unspecified atom stereocenters. The Hall–Kier alpha value is -2.09. The second-order valence-corrected chi connectivity index (χ2v) is 3.62. The summed E-state index contributed by atoms with van der Waals surface area (Å²) < 4.78 is 27.3. The number of nitrogens with zero attached hydrogens (tertiary/aromatic N) is 1. The molecule has 3 N–H and O–H groups in total. The molecular formula is C9H5F2N3O2S. The molecule has 1 aromatic carbocycles. The Morgan fingerprint density at radius 2 is 1.76 bits per heavy atom. The highest BCUT2D eigenvalue weighted by molar-refractivity contribution is 7.80. The molecule has 0 radical (unpaired) electrons. The first-order chi connectivity index (χ1) is 7.93. The fraction of sp³-hybridized carbons (Fsp3) is 0. The third-order valence-electron chi connectivity index (χ3n) is 2.18. The van der Waals surface area contributed by atoms with Crippen molar-refractivity contribution >= 4 is 28.1 Å². The number of halogens is 2. The highest BCUT2D eigenvalue weighted by Gasteiger charge is 2.16. The van der Waals surface area contributed by atoms with Crippen molar-refractivity contribution in [3.05, 3.63) is 44.5 Å². The molecule has 1 heterocycles. The molecule has 0 aliphatic carbocycles. The van der Waals surface area contributed by atoms with Gasteiger partial charge in [0.2, 0.25) is 0 Å². The van der Waals surface area contributed by atoms with E-state index >= 15 is 0 Å². The highest BCUT2D eigenvalue weighted by Crippen LogP contribution is 2.13. The zero-order chi connectivity index (χ0) is 12.7. The average molecular weight is 257 g/mol. The van der Waals surface area contributed by atoms with Crippen molar-refractivity contribution < 1.29 is 8.78 Å². The number of nitrogens with one attached hydrogen (secondary N) is 1. The summed E-state index contributed by atoms with van der Waals surface area (Å²) in [6.07, 6.45) is 0. The van der Waals surface area contributed by atoms with Crippen molar-refractivity contribution in [1.29, 1.82) is 0 Å². The lowest BCUT2D eigenvalue weighted by Gasteiger charge is -2.05. The van der Waals surface area contributed by atoms with Crippen LogP contribution < -0.4 is 16.9 Å². The lowest BCUT2D eigenvalue weighted by molar-refractivity contribution is 0.613. The molecule has 0 amide bonds. The minimum atomic E-state index is -1.01. The Morgan fingerprint density at radius 1 is 1.24 bits per heavy atom. The van der Waals surface area contributed by atoms with Gasteiger partial charge in [-0.2, -0.15) is 4.68 Å². The predicted octanol–water partition coefficient (Wildman–Crippen LogP) is 0.0597. The molecule has 0 atom stereocenters. The molecule has 0 aliphatic rings. The van der Waals surface area contributed by atoms with E-state index < -0.39 is 38.6 Å². The molecule has 17 heavy (non-hydrogen) atoms. The lowest BCUT2D eigenvalue weighted by atomic mass is 10.2. The Labute approximate surface area is 97.4 Å². The summed E-state index contributed by atoms with van der Waals surface area (Å²) in [7, 11) is 0. The first-order valence-corrected chi connectivity index (χ1v) is 4.77. The van der Waals surface area contributed by atoms with Gasteiger partial charge in [0.1, 0.15) is 11.6 Å². The van der Waals surface area contributed by atoms with Crippen molar-refractivity contribution in [2.24, 2.45) is 5.73 Å². The number of benzene rings is 1. The number of fused-ring (bicyclic) bond motifs is 1. The van der Waals surface area contributed by atoms with Crippen LogP contribution in [0.15, 0.2) is 21.7 Å². The third-order valence-corrected chi connectivity index (χ3v) is 2.36. The summed E-state index contributed by atoms with van der Waals surface area (Å²) in [5.74, 6) is -2.00. The van der Waals surface area contributed by atoms with Gasteiger partial charge in [0.15, 0.2) is 5.11 Å². The van der Waals surface area contributed by atoms with E-state index in [1.165, 1.54) is 0 Å². The van der Waals surface area contributed by atoms with E-state index in [-0.39, 0.29) is 0 Å². The molecule has 5 nitrogen and oxygen atoms in total. The second-order valence-electron chi connectivity index (χ2n) is 3.20. The lowest BCUT2D eigenvalue weighted by Crippen LogP contribution is -2.38. The monoisotopic (exact) mass is 257 g/mol. The number of H-pyrrole nitrogens is 1. The summed E-state index contributed by atoms with van der Waals surface area (Å²) in [4.78, 5) is 23.2. The Balaban J connectivity index is 3.16. The van der Waals surface area contributed by atoms with Crippen molar-refractivity contribution in [2.75, 3.05) is 0 Å². The maximum absolute atomic E-state index is 13.4. The van der Waals surface area contributed by atoms with Gasteiger partial charge < -0.3 is 5.73 Å². The topological polar surface area (TPSA) is 80.9 Å². The summed E-state index contributed by atoms with van der Waals surface area (Å²) in [5, 5.41) is 0.172. The standard InChI is InChI=1S/C9H5F2N3O2S/c10-3-1-2-4(11)6-5(3)7(15)13-14(8(6)16)9(12)17/h1-2H,(H2,12,17)(H,13,15). The molecule has 2 aromatic rings. The molecular weight excluding hydrogens is 252 g/mol. The second kappa shape index (κ2) is 3.74. The molecule has 0 fully saturated rings. The molecule has 0 saturated carbocycles. The van der Waals surface area contributed by atoms with Gasteiger partial charge in [-0.15, -0.1) is 0 Å². The molecule has 2 rings (SSSR count). The van der Waals surface area contributed by atoms with Crippen LogP contribution in [-0.2, 0) is 0 Å². The smallest absolute Gasteiger partial charge is 0.282 e. The predicted molar refractivity (Wildman–Crippen MR) is 60.9 cm³/mol. The van der Waals surface area contributed by atoms with Crippen molar-refractivity contribution in [3.8, 4) is 0 Å². The SMILES string of the molecule is NC(=S)n1[nH]c(=O)c2c(F)ccc(F)c2c1=O. The van der Waals surface area contributed by atoms with Gasteiger partial charge in [0.05, 0.1) is 10.8 Å². The average Bonchev–Trinajstić information content (AvgIpc) is 2.26. The Bertz CT molecular complexity index is 750. The fourth-order valence-corrected chi connectivity index (χ4v) is 1.59. The van der Waals surface area contributed by atoms with Gasteiger partial charge >= 0.3 is 0 Å². The number of hydrogen-bond acceptors (Lipinski definition) is 3. The quantitative estimate of drug-likeness (QED) is 0.654. The summed E-state index contributed by atoms with van der Waals surface area (Å²) in [6, 6.07) is 1.51. The summed E-state index contributed by atoms with van der Waals surface area (Å²) in [5.41, 5.74) is 3.18. The van der Waals surface area contributed by atoms with Crippen molar-refractivity contribution in [2.45, 2.75) is 0 Å². The minimum absolute atomic E-state index is 0.460. The van der Waals surface area contributed by atoms with Crippen molar-refractivity contribution in [1.82, 2.24) is 9.78 Å². The van der Waals surface area contributed by atoms with E-state index in [4.69, 9.17) is 5.73 Å². The van der Waals surface area contributed by atoms with E-state index in [0.29, 0.717) is 4.68 Å². The van der Waals surface area contributed by atoms with Gasteiger partial charge in [-0.05, 0) is 24.4 Å².